The highest BCUT2D eigenvalue weighted by Gasteiger charge is 2.20. The molecule has 0 amide bonds. The van der Waals surface area contributed by atoms with Crippen LogP contribution in [0.5, 0.6) is 5.75 Å². The maximum atomic E-state index is 5.38. The lowest BCUT2D eigenvalue weighted by atomic mass is 10.1. The molecule has 2 rings (SSSR count). The van der Waals surface area contributed by atoms with Crippen LogP contribution in [-0.4, -0.2) is 13.2 Å². The monoisotopic (exact) mass is 297 g/mol. The Labute approximate surface area is 112 Å². The number of halogens is 1. The maximum Gasteiger partial charge on any atom is 0.123 e. The Morgan fingerprint density at radius 2 is 2.24 bits per heavy atom. The van der Waals surface area contributed by atoms with Crippen LogP contribution in [0.25, 0.3) is 0 Å². The van der Waals surface area contributed by atoms with Crippen LogP contribution in [0.1, 0.15) is 31.7 Å². The molecule has 1 fully saturated rings. The largest absolute Gasteiger partial charge is 0.496 e. The van der Waals surface area contributed by atoms with E-state index >= 15 is 0 Å². The van der Waals surface area contributed by atoms with E-state index < -0.39 is 0 Å². The fraction of sp³-hybridized carbons (Fsp3) is 0.571. The normalized spacial score (nSPS) is 23.9. The molecular formula is C14H20BrNO. The number of nitrogens with one attached hydrogen (secondary N) is 1. The van der Waals surface area contributed by atoms with E-state index in [1.807, 2.05) is 12.1 Å². The zero-order chi connectivity index (χ0) is 12.3. The van der Waals surface area contributed by atoms with Gasteiger partial charge in [-0.05, 0) is 43.4 Å². The van der Waals surface area contributed by atoms with Crippen LogP contribution in [0.4, 0.5) is 0 Å². The average Bonchev–Trinajstić information content (AvgIpc) is 2.73. The molecule has 1 aliphatic rings. The predicted molar refractivity (Wildman–Crippen MR) is 74.3 cm³/mol. The molecular weight excluding hydrogens is 278 g/mol. The molecule has 0 bridgehead atoms. The van der Waals surface area contributed by atoms with Crippen LogP contribution in [0.15, 0.2) is 22.7 Å². The number of ether oxygens (including phenoxy) is 1. The number of methoxy groups -OCH3 is 1. The highest BCUT2D eigenvalue weighted by atomic mass is 79.9. The van der Waals surface area contributed by atoms with Gasteiger partial charge in [0.15, 0.2) is 0 Å². The van der Waals surface area contributed by atoms with Crippen LogP contribution in [0, 0.1) is 5.92 Å². The molecule has 0 heterocycles. The summed E-state index contributed by atoms with van der Waals surface area (Å²) in [7, 11) is 1.73. The van der Waals surface area contributed by atoms with Gasteiger partial charge in [0.1, 0.15) is 5.75 Å². The van der Waals surface area contributed by atoms with Gasteiger partial charge in [0.2, 0.25) is 0 Å². The third-order valence-electron chi connectivity index (χ3n) is 3.52. The molecule has 17 heavy (non-hydrogen) atoms. The first kappa shape index (κ1) is 12.9. The van der Waals surface area contributed by atoms with E-state index in [2.05, 4.69) is 34.2 Å². The van der Waals surface area contributed by atoms with Crippen molar-refractivity contribution in [3.63, 3.8) is 0 Å². The summed E-state index contributed by atoms with van der Waals surface area (Å²) in [5.74, 6) is 1.84. The van der Waals surface area contributed by atoms with Crippen LogP contribution in [0.2, 0.25) is 0 Å². The summed E-state index contributed by atoms with van der Waals surface area (Å²) >= 11 is 3.51. The van der Waals surface area contributed by atoms with E-state index in [0.29, 0.717) is 6.04 Å². The second-order valence-corrected chi connectivity index (χ2v) is 5.87. The first-order valence-electron chi connectivity index (χ1n) is 6.25. The highest BCUT2D eigenvalue weighted by molar-refractivity contribution is 9.10. The third-order valence-corrected chi connectivity index (χ3v) is 4.01. The number of hydrogen-bond acceptors (Lipinski definition) is 2. The number of hydrogen-bond donors (Lipinski definition) is 1. The summed E-state index contributed by atoms with van der Waals surface area (Å²) in [4.78, 5) is 0. The number of benzene rings is 1. The molecule has 1 aliphatic carbocycles. The Kier molecular flexibility index (Phi) is 4.46. The van der Waals surface area contributed by atoms with Crippen molar-refractivity contribution in [2.75, 3.05) is 7.11 Å². The minimum Gasteiger partial charge on any atom is -0.496 e. The van der Waals surface area contributed by atoms with E-state index in [9.17, 15) is 0 Å². The van der Waals surface area contributed by atoms with E-state index in [4.69, 9.17) is 4.74 Å². The molecule has 0 spiro atoms. The minimum atomic E-state index is 0.675. The van der Waals surface area contributed by atoms with Gasteiger partial charge < -0.3 is 10.1 Å². The van der Waals surface area contributed by atoms with Crippen molar-refractivity contribution < 1.29 is 4.74 Å². The molecule has 0 radical (unpaired) electrons. The summed E-state index contributed by atoms with van der Waals surface area (Å²) in [6, 6.07) is 6.83. The van der Waals surface area contributed by atoms with Crippen LogP contribution in [-0.2, 0) is 6.54 Å². The van der Waals surface area contributed by atoms with Gasteiger partial charge in [-0.1, -0.05) is 22.9 Å². The molecule has 2 atom stereocenters. The van der Waals surface area contributed by atoms with Crippen molar-refractivity contribution in [2.24, 2.45) is 5.92 Å². The quantitative estimate of drug-likeness (QED) is 0.914. The summed E-state index contributed by atoms with van der Waals surface area (Å²) in [6.07, 6.45) is 3.96. The van der Waals surface area contributed by atoms with Gasteiger partial charge in [0.05, 0.1) is 7.11 Å². The zero-order valence-electron chi connectivity index (χ0n) is 10.5. The molecule has 2 unspecified atom stereocenters. The summed E-state index contributed by atoms with van der Waals surface area (Å²) in [5, 5.41) is 3.63. The van der Waals surface area contributed by atoms with Gasteiger partial charge in [0.25, 0.3) is 0 Å². The van der Waals surface area contributed by atoms with Crippen LogP contribution in [0.3, 0.4) is 0 Å². The van der Waals surface area contributed by atoms with E-state index in [-0.39, 0.29) is 0 Å². The first-order chi connectivity index (χ1) is 8.19. The van der Waals surface area contributed by atoms with Gasteiger partial charge in [-0.15, -0.1) is 0 Å². The maximum absolute atomic E-state index is 5.38. The van der Waals surface area contributed by atoms with Crippen molar-refractivity contribution in [1.29, 1.82) is 0 Å². The van der Waals surface area contributed by atoms with Gasteiger partial charge in [-0.2, -0.15) is 0 Å². The lowest BCUT2D eigenvalue weighted by Gasteiger charge is -2.14. The van der Waals surface area contributed by atoms with Gasteiger partial charge >= 0.3 is 0 Å². The molecule has 2 nitrogen and oxygen atoms in total. The first-order valence-corrected chi connectivity index (χ1v) is 7.04. The van der Waals surface area contributed by atoms with Crippen molar-refractivity contribution in [3.05, 3.63) is 28.2 Å². The summed E-state index contributed by atoms with van der Waals surface area (Å²) < 4.78 is 6.48. The van der Waals surface area contributed by atoms with E-state index in [1.54, 1.807) is 7.11 Å². The van der Waals surface area contributed by atoms with E-state index in [1.165, 1.54) is 24.8 Å². The Balaban J connectivity index is 1.96. The molecule has 94 valence electrons. The molecule has 0 saturated heterocycles. The van der Waals surface area contributed by atoms with E-state index in [0.717, 1.165) is 22.7 Å². The lowest BCUT2D eigenvalue weighted by Crippen LogP contribution is -2.25. The highest BCUT2D eigenvalue weighted by Crippen LogP contribution is 2.26. The van der Waals surface area contributed by atoms with Crippen molar-refractivity contribution in [3.8, 4) is 5.75 Å². The Bertz CT molecular complexity index is 380. The Morgan fingerprint density at radius 3 is 2.88 bits per heavy atom. The Morgan fingerprint density at radius 1 is 1.41 bits per heavy atom. The molecule has 1 saturated carbocycles. The molecule has 1 N–H and O–H groups in total. The number of rotatable bonds is 4. The summed E-state index contributed by atoms with van der Waals surface area (Å²) in [5.41, 5.74) is 1.22. The fourth-order valence-corrected chi connectivity index (χ4v) is 2.94. The smallest absolute Gasteiger partial charge is 0.123 e. The molecule has 1 aromatic rings. The van der Waals surface area contributed by atoms with Crippen LogP contribution >= 0.6 is 15.9 Å². The lowest BCUT2D eigenvalue weighted by molar-refractivity contribution is 0.404. The molecule has 0 aliphatic heterocycles. The Hall–Kier alpha value is -0.540. The fourth-order valence-electron chi connectivity index (χ4n) is 2.53. The van der Waals surface area contributed by atoms with Crippen molar-refractivity contribution in [2.45, 2.75) is 38.8 Å². The average molecular weight is 298 g/mol. The van der Waals surface area contributed by atoms with Gasteiger partial charge in [-0.3, -0.25) is 0 Å². The van der Waals surface area contributed by atoms with Crippen LogP contribution < -0.4 is 10.1 Å². The van der Waals surface area contributed by atoms with Gasteiger partial charge in [0, 0.05) is 22.6 Å². The second kappa shape index (κ2) is 5.87. The minimum absolute atomic E-state index is 0.675. The molecule has 0 aromatic heterocycles. The molecule has 1 aromatic carbocycles. The second-order valence-electron chi connectivity index (χ2n) is 4.95. The predicted octanol–water partition coefficient (Wildman–Crippen LogP) is 3.74. The third kappa shape index (κ3) is 3.46. The molecule has 3 heteroatoms. The topological polar surface area (TPSA) is 21.3 Å². The summed E-state index contributed by atoms with van der Waals surface area (Å²) in [6.45, 7) is 3.22. The zero-order valence-corrected chi connectivity index (χ0v) is 12.1. The van der Waals surface area contributed by atoms with Crippen molar-refractivity contribution in [1.82, 2.24) is 5.32 Å². The van der Waals surface area contributed by atoms with Gasteiger partial charge in [-0.25, -0.2) is 0 Å². The SMILES string of the molecule is COc1ccc(Br)cc1CNC1CCC(C)C1. The standard InChI is InChI=1S/C14H20BrNO/c1-10-3-5-13(7-10)16-9-11-8-12(15)4-6-14(11)17-2/h4,6,8,10,13,16H,3,5,7,9H2,1-2H3. The van der Waals surface area contributed by atoms with Crippen molar-refractivity contribution >= 4 is 15.9 Å².